The molecule has 49 heavy (non-hydrogen) atoms. The predicted molar refractivity (Wildman–Crippen MR) is 199 cm³/mol. The van der Waals surface area contributed by atoms with Gasteiger partial charge < -0.3 is 4.42 Å². The SMILES string of the molecule is c1ccc2cc(-c3nc(-c4ccc(-c5cccc6ccccc56)cc4)nc(-c4cccc5oc6cc7cnccc7cc6c45)n3)ccc2c1. The van der Waals surface area contributed by atoms with Crippen LogP contribution in [0, 0.1) is 0 Å². The molecule has 5 heteroatoms. The maximum absolute atomic E-state index is 6.39. The van der Waals surface area contributed by atoms with E-state index in [1.54, 1.807) is 0 Å². The Bertz CT molecular complexity index is 2890. The van der Waals surface area contributed by atoms with Gasteiger partial charge in [0, 0.05) is 45.2 Å². The molecule has 0 saturated carbocycles. The van der Waals surface area contributed by atoms with E-state index in [0.29, 0.717) is 17.5 Å². The summed E-state index contributed by atoms with van der Waals surface area (Å²) in [5, 5.41) is 8.86. The van der Waals surface area contributed by atoms with E-state index in [-0.39, 0.29) is 0 Å². The van der Waals surface area contributed by atoms with Gasteiger partial charge in [0.25, 0.3) is 0 Å². The molecule has 0 atom stereocenters. The summed E-state index contributed by atoms with van der Waals surface area (Å²) in [6.45, 7) is 0. The van der Waals surface area contributed by atoms with Gasteiger partial charge >= 0.3 is 0 Å². The van der Waals surface area contributed by atoms with Gasteiger partial charge in [-0.15, -0.1) is 0 Å². The molecule has 0 saturated heterocycles. The van der Waals surface area contributed by atoms with Crippen molar-refractivity contribution >= 4 is 54.3 Å². The monoisotopic (exact) mass is 626 g/mol. The molecule has 0 aliphatic carbocycles. The third kappa shape index (κ3) is 4.63. The number of pyridine rings is 1. The Kier molecular flexibility index (Phi) is 6.11. The molecule has 228 valence electrons. The minimum Gasteiger partial charge on any atom is -0.456 e. The zero-order chi connectivity index (χ0) is 32.3. The fourth-order valence-electron chi connectivity index (χ4n) is 6.95. The second kappa shape index (κ2) is 10.9. The number of aromatic nitrogens is 4. The van der Waals surface area contributed by atoms with Crippen molar-refractivity contribution in [1.29, 1.82) is 0 Å². The van der Waals surface area contributed by atoms with Gasteiger partial charge in [-0.05, 0) is 68.4 Å². The molecule has 0 fully saturated rings. The number of hydrogen-bond acceptors (Lipinski definition) is 5. The van der Waals surface area contributed by atoms with Crippen molar-refractivity contribution in [3.8, 4) is 45.3 Å². The molecule has 5 nitrogen and oxygen atoms in total. The van der Waals surface area contributed by atoms with Gasteiger partial charge in [-0.2, -0.15) is 0 Å². The van der Waals surface area contributed by atoms with E-state index in [2.05, 4.69) is 132 Å². The summed E-state index contributed by atoms with van der Waals surface area (Å²) in [4.78, 5) is 19.6. The van der Waals surface area contributed by atoms with Crippen molar-refractivity contribution in [2.75, 3.05) is 0 Å². The zero-order valence-electron chi connectivity index (χ0n) is 26.2. The van der Waals surface area contributed by atoms with Crippen LogP contribution in [-0.4, -0.2) is 19.9 Å². The van der Waals surface area contributed by atoms with Crippen molar-refractivity contribution in [2.45, 2.75) is 0 Å². The van der Waals surface area contributed by atoms with Crippen LogP contribution in [0.25, 0.3) is 99.5 Å². The van der Waals surface area contributed by atoms with E-state index in [1.807, 2.05) is 30.6 Å². The molecule has 0 N–H and O–H groups in total. The second-order valence-electron chi connectivity index (χ2n) is 12.3. The Morgan fingerprint density at radius 2 is 1.06 bits per heavy atom. The van der Waals surface area contributed by atoms with Crippen LogP contribution in [-0.2, 0) is 0 Å². The van der Waals surface area contributed by atoms with Crippen LogP contribution in [0.3, 0.4) is 0 Å². The highest BCUT2D eigenvalue weighted by Gasteiger charge is 2.19. The normalized spacial score (nSPS) is 11.7. The van der Waals surface area contributed by atoms with Gasteiger partial charge in [0.15, 0.2) is 17.5 Å². The third-order valence-corrected chi connectivity index (χ3v) is 9.38. The minimum absolute atomic E-state index is 0.592. The molecule has 10 rings (SSSR count). The van der Waals surface area contributed by atoms with Crippen LogP contribution in [0.5, 0.6) is 0 Å². The summed E-state index contributed by atoms with van der Waals surface area (Å²) in [5.41, 5.74) is 6.65. The van der Waals surface area contributed by atoms with Gasteiger partial charge in [0.2, 0.25) is 0 Å². The van der Waals surface area contributed by atoms with E-state index in [9.17, 15) is 0 Å². The summed E-state index contributed by atoms with van der Waals surface area (Å²) < 4.78 is 6.39. The molecule has 10 aromatic rings. The molecule has 3 aromatic heterocycles. The maximum atomic E-state index is 6.39. The number of rotatable bonds is 4. The number of hydrogen-bond donors (Lipinski definition) is 0. The molecular weight excluding hydrogens is 601 g/mol. The standard InChI is InChI=1S/C44H26N4O/c1-2-9-31-23-33(20-15-27(31)7-1)43-46-42(30-18-16-29(17-19-30)36-12-5-10-28-8-3-4-11-35(28)36)47-44(48-43)37-13-6-14-39-41(37)38-24-32-21-22-45-26-34(32)25-40(38)49-39/h1-26H. The van der Waals surface area contributed by atoms with Crippen LogP contribution in [0.4, 0.5) is 0 Å². The summed E-state index contributed by atoms with van der Waals surface area (Å²) in [6.07, 6.45) is 3.68. The molecular formula is C44H26N4O. The van der Waals surface area contributed by atoms with Crippen LogP contribution in [0.2, 0.25) is 0 Å². The Morgan fingerprint density at radius 3 is 1.96 bits per heavy atom. The molecule has 7 aromatic carbocycles. The predicted octanol–water partition coefficient (Wildman–Crippen LogP) is 11.3. The fraction of sp³-hybridized carbons (Fsp3) is 0. The summed E-state index contributed by atoms with van der Waals surface area (Å²) >= 11 is 0. The van der Waals surface area contributed by atoms with Gasteiger partial charge in [-0.1, -0.05) is 115 Å². The Morgan fingerprint density at radius 1 is 0.388 bits per heavy atom. The van der Waals surface area contributed by atoms with Crippen molar-refractivity contribution in [3.63, 3.8) is 0 Å². The first-order chi connectivity index (χ1) is 24.2. The first-order valence-corrected chi connectivity index (χ1v) is 16.3. The smallest absolute Gasteiger partial charge is 0.164 e. The van der Waals surface area contributed by atoms with Crippen molar-refractivity contribution in [2.24, 2.45) is 0 Å². The van der Waals surface area contributed by atoms with Crippen molar-refractivity contribution in [3.05, 3.63) is 158 Å². The molecule has 0 unspecified atom stereocenters. The highest BCUT2D eigenvalue weighted by molar-refractivity contribution is 6.15. The summed E-state index contributed by atoms with van der Waals surface area (Å²) in [6, 6.07) is 50.5. The first-order valence-electron chi connectivity index (χ1n) is 16.3. The average Bonchev–Trinajstić information content (AvgIpc) is 3.54. The number of fused-ring (bicyclic) bond motifs is 6. The molecule has 0 radical (unpaired) electrons. The van der Waals surface area contributed by atoms with Gasteiger partial charge in [0.05, 0.1) is 0 Å². The lowest BCUT2D eigenvalue weighted by Crippen LogP contribution is -2.00. The van der Waals surface area contributed by atoms with Crippen LogP contribution >= 0.6 is 0 Å². The lowest BCUT2D eigenvalue weighted by Gasteiger charge is -2.11. The van der Waals surface area contributed by atoms with Crippen LogP contribution < -0.4 is 0 Å². The molecule has 0 aliphatic rings. The van der Waals surface area contributed by atoms with Crippen LogP contribution in [0.1, 0.15) is 0 Å². The maximum Gasteiger partial charge on any atom is 0.164 e. The third-order valence-electron chi connectivity index (χ3n) is 9.38. The van der Waals surface area contributed by atoms with Gasteiger partial charge in [0.1, 0.15) is 11.2 Å². The minimum atomic E-state index is 0.592. The molecule has 0 bridgehead atoms. The Labute approximate surface area is 281 Å². The zero-order valence-corrected chi connectivity index (χ0v) is 26.2. The van der Waals surface area contributed by atoms with Crippen molar-refractivity contribution < 1.29 is 4.42 Å². The lowest BCUT2D eigenvalue weighted by atomic mass is 9.97. The summed E-state index contributed by atoms with van der Waals surface area (Å²) in [7, 11) is 0. The highest BCUT2D eigenvalue weighted by atomic mass is 16.3. The van der Waals surface area contributed by atoms with E-state index >= 15 is 0 Å². The lowest BCUT2D eigenvalue weighted by molar-refractivity contribution is 0.669. The molecule has 0 amide bonds. The highest BCUT2D eigenvalue weighted by Crippen LogP contribution is 2.38. The topological polar surface area (TPSA) is 64.7 Å². The quantitative estimate of drug-likeness (QED) is 0.194. The van der Waals surface area contributed by atoms with E-state index < -0.39 is 0 Å². The number of nitrogens with zero attached hydrogens (tertiary/aromatic N) is 4. The van der Waals surface area contributed by atoms with E-state index in [4.69, 9.17) is 19.4 Å². The molecule has 0 spiro atoms. The Balaban J connectivity index is 1.17. The largest absolute Gasteiger partial charge is 0.456 e. The van der Waals surface area contributed by atoms with E-state index in [1.165, 1.54) is 21.7 Å². The average molecular weight is 627 g/mol. The second-order valence-corrected chi connectivity index (χ2v) is 12.3. The molecule has 3 heterocycles. The van der Waals surface area contributed by atoms with E-state index in [0.717, 1.165) is 60.4 Å². The van der Waals surface area contributed by atoms with Crippen molar-refractivity contribution in [1.82, 2.24) is 19.9 Å². The fourth-order valence-corrected chi connectivity index (χ4v) is 6.95. The van der Waals surface area contributed by atoms with Crippen LogP contribution in [0.15, 0.2) is 162 Å². The summed E-state index contributed by atoms with van der Waals surface area (Å²) in [5.74, 6) is 1.82. The number of benzene rings is 7. The van der Waals surface area contributed by atoms with Gasteiger partial charge in [-0.3, -0.25) is 4.98 Å². The molecule has 0 aliphatic heterocycles. The number of furan rings is 1. The van der Waals surface area contributed by atoms with Gasteiger partial charge in [-0.25, -0.2) is 15.0 Å². The first kappa shape index (κ1) is 27.4. The Hall–Kier alpha value is -6.72.